The highest BCUT2D eigenvalue weighted by molar-refractivity contribution is 7.47. The molecule has 24 atom stereocenters. The molecule has 400 valence electrons. The average molecular weight is 1020 g/mol. The van der Waals surface area contributed by atoms with Gasteiger partial charge in [0, 0.05) is 13.1 Å². The monoisotopic (exact) mass is 1020 g/mol. The van der Waals surface area contributed by atoms with Crippen molar-refractivity contribution in [3.05, 3.63) is 0 Å². The smallest absolute Gasteiger partial charge is 0.444 e. The Morgan fingerprint density at radius 2 is 1.16 bits per heavy atom. The van der Waals surface area contributed by atoms with E-state index in [9.17, 15) is 90.9 Å². The number of ether oxygens (including phenoxy) is 9. The third kappa shape index (κ3) is 14.8. The van der Waals surface area contributed by atoms with Crippen LogP contribution in [0.5, 0.6) is 0 Å². The second-order valence-corrected chi connectivity index (χ2v) is 18.5. The van der Waals surface area contributed by atoms with E-state index in [1.807, 2.05) is 0 Å². The zero-order valence-corrected chi connectivity index (χ0v) is 37.8. The third-order valence-electron chi connectivity index (χ3n) is 10.8. The lowest BCUT2D eigenvalue weighted by atomic mass is 9.92. The number of rotatable bonds is 22. The average Bonchev–Trinajstić information content (AvgIpc) is 3.28. The second kappa shape index (κ2) is 25.9. The summed E-state index contributed by atoms with van der Waals surface area (Å²) in [6, 6.07) is 0. The lowest BCUT2D eigenvalue weighted by Gasteiger charge is -2.51. The van der Waals surface area contributed by atoms with Crippen molar-refractivity contribution in [2.45, 2.75) is 168 Å². The Bertz CT molecular complexity index is 1570. The molecule has 4 fully saturated rings. The van der Waals surface area contributed by atoms with Gasteiger partial charge in [-0.2, -0.15) is 0 Å². The number of hydrogen-bond donors (Lipinski definition) is 18. The van der Waals surface area contributed by atoms with Crippen LogP contribution < -0.4 is 11.1 Å². The zero-order chi connectivity index (χ0) is 51.0. The predicted octanol–water partition coefficient (Wildman–Crippen LogP) is -10.0. The number of nitrogens with one attached hydrogen (secondary N) is 1. The SMILES string of the molecule is CC(C)(C)OC(=O)NCCOP(=O)(O)O[C@@H](CO)[C@H]1O[C@H](O[C@@H]2[C@H](O)[C@@H](OCCN)O[C@H]([C@@H](O)CO)[C@H]2O[C@@H]2O[C@H](CO)[C@@H](O)[C@H](O)[C@H]2O)[C@@H](O[C@H]2O[C@H]([C@@H](O)CO)[C@@H](O)[C@H](O)[C@@H]2O)[C@@H](O)[C@@H]1O. The van der Waals surface area contributed by atoms with Crippen LogP contribution in [0.3, 0.4) is 0 Å². The van der Waals surface area contributed by atoms with E-state index in [4.69, 9.17) is 57.4 Å². The summed E-state index contributed by atoms with van der Waals surface area (Å²) < 4.78 is 74.0. The first kappa shape index (κ1) is 59.0. The van der Waals surface area contributed by atoms with E-state index in [0.717, 1.165) is 0 Å². The summed E-state index contributed by atoms with van der Waals surface area (Å²) >= 11 is 0. The number of phosphoric acid groups is 1. The Morgan fingerprint density at radius 1 is 0.632 bits per heavy atom. The molecule has 1 unspecified atom stereocenters. The number of phosphoric ester groups is 1. The second-order valence-electron chi connectivity index (χ2n) is 17.1. The summed E-state index contributed by atoms with van der Waals surface area (Å²) in [6.07, 6.45) is -49.5. The number of carbonyl (C=O) groups excluding carboxylic acids is 1. The van der Waals surface area contributed by atoms with Gasteiger partial charge in [0.1, 0.15) is 122 Å². The molecule has 0 aliphatic carbocycles. The fraction of sp³-hybridized carbons (Fsp3) is 0.972. The number of hydrogen-bond acceptors (Lipinski definition) is 29. The van der Waals surface area contributed by atoms with Crippen molar-refractivity contribution < 1.29 is 143 Å². The van der Waals surface area contributed by atoms with E-state index in [2.05, 4.69) is 5.32 Å². The summed E-state index contributed by atoms with van der Waals surface area (Å²) in [5.74, 6) is 0. The molecule has 4 saturated heterocycles. The highest BCUT2D eigenvalue weighted by Crippen LogP contribution is 2.46. The highest BCUT2D eigenvalue weighted by Gasteiger charge is 2.58. The van der Waals surface area contributed by atoms with Crippen molar-refractivity contribution in [1.29, 1.82) is 0 Å². The van der Waals surface area contributed by atoms with Crippen LogP contribution in [0.2, 0.25) is 0 Å². The van der Waals surface area contributed by atoms with Crippen LogP contribution in [0.4, 0.5) is 4.79 Å². The van der Waals surface area contributed by atoms with Crippen LogP contribution in [-0.4, -0.2) is 287 Å². The minimum atomic E-state index is -5.32. The highest BCUT2D eigenvalue weighted by atomic mass is 31.2. The molecule has 0 radical (unpaired) electrons. The van der Waals surface area contributed by atoms with Crippen LogP contribution in [-0.2, 0) is 56.2 Å². The number of aliphatic hydroxyl groups is 15. The molecule has 0 bridgehead atoms. The Kier molecular flexibility index (Phi) is 22.5. The molecule has 32 heteroatoms. The molecule has 19 N–H and O–H groups in total. The quantitative estimate of drug-likeness (QED) is 0.0354. The van der Waals surface area contributed by atoms with Crippen LogP contribution in [0.25, 0.3) is 0 Å². The standard InChI is InChI=1S/C36H67N2O29P/c1-36(2,3)66-35(54)38-5-7-58-68(55,56)67-15(11-42)27-20(49)21(50)29(64-33-23(52)18(47)19(48)25(60-33)12(43)8-39)34(62-27)63-28-24(53)31(57-6-4-37)61-26(13(44)9-40)30(28)65-32-22(51)17(46)16(45)14(10-41)59-32/h12-34,39-53H,4-11,37H2,1-3H3,(H,38,54)(H,55,56)/t12-,13-,14+,15-,16+,17-,18-,19-,20-,21-,22+,23-,24-,25+,26+,27+,28+,29-,30+,31-,32-,33+,34+/m0/s1. The van der Waals surface area contributed by atoms with Gasteiger partial charge in [0.25, 0.3) is 0 Å². The minimum absolute atomic E-state index is 0.193. The van der Waals surface area contributed by atoms with Crippen molar-refractivity contribution in [3.63, 3.8) is 0 Å². The first-order valence-electron chi connectivity index (χ1n) is 21.3. The summed E-state index contributed by atoms with van der Waals surface area (Å²) in [6.45, 7) is -1.38. The van der Waals surface area contributed by atoms with Gasteiger partial charge < -0.3 is 135 Å². The summed E-state index contributed by atoms with van der Waals surface area (Å²) in [5, 5.41) is 162. The molecule has 68 heavy (non-hydrogen) atoms. The van der Waals surface area contributed by atoms with Crippen LogP contribution in [0.1, 0.15) is 20.8 Å². The molecule has 1 amide bonds. The Morgan fingerprint density at radius 3 is 1.74 bits per heavy atom. The molecule has 4 aliphatic rings. The van der Waals surface area contributed by atoms with E-state index in [0.29, 0.717) is 0 Å². The zero-order valence-electron chi connectivity index (χ0n) is 36.9. The maximum atomic E-state index is 13.1. The van der Waals surface area contributed by atoms with Crippen molar-refractivity contribution in [2.24, 2.45) is 5.73 Å². The fourth-order valence-electron chi connectivity index (χ4n) is 7.40. The van der Waals surface area contributed by atoms with E-state index in [-0.39, 0.29) is 13.2 Å². The number of aliphatic hydroxyl groups excluding tert-OH is 15. The van der Waals surface area contributed by atoms with Gasteiger partial charge >= 0.3 is 13.9 Å². The molecule has 4 aliphatic heterocycles. The number of carbonyl (C=O) groups is 1. The summed E-state index contributed by atoms with van der Waals surface area (Å²) in [4.78, 5) is 22.6. The molecule has 4 heterocycles. The normalized spacial score (nSPS) is 41.6. The molecule has 4 rings (SSSR count). The van der Waals surface area contributed by atoms with Crippen molar-refractivity contribution in [3.8, 4) is 0 Å². The lowest BCUT2D eigenvalue weighted by molar-refractivity contribution is -0.407. The van der Waals surface area contributed by atoms with Crippen molar-refractivity contribution in [2.75, 3.05) is 52.7 Å². The Balaban J connectivity index is 1.76. The molecule has 31 nitrogen and oxygen atoms in total. The largest absolute Gasteiger partial charge is 0.472 e. The molecule has 0 aromatic carbocycles. The molecule has 0 aromatic heterocycles. The van der Waals surface area contributed by atoms with E-state index < -0.39 is 200 Å². The Hall–Kier alpha value is -1.58. The van der Waals surface area contributed by atoms with Crippen molar-refractivity contribution >= 4 is 13.9 Å². The van der Waals surface area contributed by atoms with Crippen LogP contribution >= 0.6 is 7.82 Å². The molecular formula is C36H67N2O29P. The first-order chi connectivity index (χ1) is 31.8. The molecule has 0 spiro atoms. The maximum absolute atomic E-state index is 13.1. The third-order valence-corrected chi connectivity index (χ3v) is 11.9. The predicted molar refractivity (Wildman–Crippen MR) is 214 cm³/mol. The molecular weight excluding hydrogens is 955 g/mol. The first-order valence-corrected chi connectivity index (χ1v) is 22.8. The van der Waals surface area contributed by atoms with Gasteiger partial charge in [0.15, 0.2) is 25.2 Å². The summed E-state index contributed by atoms with van der Waals surface area (Å²) in [7, 11) is -5.32. The van der Waals surface area contributed by atoms with Gasteiger partial charge in [-0.25, -0.2) is 9.36 Å². The van der Waals surface area contributed by atoms with Gasteiger partial charge in [-0.05, 0) is 20.8 Å². The van der Waals surface area contributed by atoms with Crippen LogP contribution in [0, 0.1) is 0 Å². The van der Waals surface area contributed by atoms with Gasteiger partial charge in [0.2, 0.25) is 0 Å². The van der Waals surface area contributed by atoms with Gasteiger partial charge in [-0.1, -0.05) is 0 Å². The van der Waals surface area contributed by atoms with Gasteiger partial charge in [0.05, 0.1) is 39.6 Å². The van der Waals surface area contributed by atoms with E-state index in [1.165, 1.54) is 0 Å². The van der Waals surface area contributed by atoms with Crippen molar-refractivity contribution in [1.82, 2.24) is 5.32 Å². The van der Waals surface area contributed by atoms with Gasteiger partial charge in [-0.3, -0.25) is 9.05 Å². The van der Waals surface area contributed by atoms with E-state index >= 15 is 0 Å². The van der Waals surface area contributed by atoms with E-state index in [1.54, 1.807) is 20.8 Å². The summed E-state index contributed by atoms with van der Waals surface area (Å²) in [5.41, 5.74) is 4.68. The number of amides is 1. The van der Waals surface area contributed by atoms with Gasteiger partial charge in [-0.15, -0.1) is 0 Å². The molecule has 0 aromatic rings. The van der Waals surface area contributed by atoms with Crippen LogP contribution in [0.15, 0.2) is 0 Å². The maximum Gasteiger partial charge on any atom is 0.472 e. The topological polar surface area (TPSA) is 497 Å². The Labute approximate surface area is 387 Å². The lowest BCUT2D eigenvalue weighted by Crippen LogP contribution is -2.70. The minimum Gasteiger partial charge on any atom is -0.444 e. The number of nitrogens with two attached hydrogens (primary N) is 1. The fourth-order valence-corrected chi connectivity index (χ4v) is 8.31. The molecule has 0 saturated carbocycles. The number of alkyl carbamates (subject to hydrolysis) is 1.